The van der Waals surface area contributed by atoms with E-state index in [1.54, 1.807) is 45.2 Å². The number of amides is 3. The maximum absolute atomic E-state index is 14.0. The number of hydrogen-bond donors (Lipinski definition) is 0. The van der Waals surface area contributed by atoms with Crippen molar-refractivity contribution < 1.29 is 19.1 Å². The Bertz CT molecular complexity index is 1680. The highest BCUT2D eigenvalue weighted by Crippen LogP contribution is 2.48. The van der Waals surface area contributed by atoms with Gasteiger partial charge in [0.15, 0.2) is 0 Å². The van der Waals surface area contributed by atoms with E-state index in [2.05, 4.69) is 25.1 Å². The number of thioether (sulfide) groups is 1. The predicted molar refractivity (Wildman–Crippen MR) is 172 cm³/mol. The third-order valence-electron chi connectivity index (χ3n) is 8.17. The molecule has 3 amide bonds. The van der Waals surface area contributed by atoms with Gasteiger partial charge in [-0.2, -0.15) is 5.10 Å². The number of carbonyl (C=O) groups excluding carboxylic acids is 3. The molecule has 1 atom stereocenters. The molecule has 226 valence electrons. The zero-order chi connectivity index (χ0) is 30.8. The molecule has 4 aromatic rings. The van der Waals surface area contributed by atoms with Crippen LogP contribution in [-0.4, -0.2) is 82.9 Å². The third-order valence-corrected chi connectivity index (χ3v) is 9.42. The summed E-state index contributed by atoms with van der Waals surface area (Å²) in [7, 11) is 1.62. The molecule has 0 saturated carbocycles. The molecule has 2 aliphatic rings. The third kappa shape index (κ3) is 5.81. The fraction of sp³-hybridized carbons (Fsp3) is 0.294. The van der Waals surface area contributed by atoms with E-state index in [4.69, 9.17) is 9.84 Å². The Morgan fingerprint density at radius 1 is 0.932 bits per heavy atom. The van der Waals surface area contributed by atoms with Gasteiger partial charge in [0.1, 0.15) is 18.1 Å². The van der Waals surface area contributed by atoms with E-state index in [0.29, 0.717) is 37.7 Å². The number of fused-ring (bicyclic) bond motifs is 1. The molecule has 1 fully saturated rings. The van der Waals surface area contributed by atoms with Crippen LogP contribution < -0.4 is 9.64 Å². The first-order chi connectivity index (χ1) is 21.3. The van der Waals surface area contributed by atoms with Crippen molar-refractivity contribution in [1.29, 1.82) is 0 Å². The highest BCUT2D eigenvalue weighted by atomic mass is 32.2. The van der Waals surface area contributed by atoms with Crippen LogP contribution in [0.3, 0.4) is 0 Å². The first-order valence-corrected chi connectivity index (χ1v) is 15.7. The van der Waals surface area contributed by atoms with Crippen molar-refractivity contribution in [3.05, 3.63) is 95.6 Å². The summed E-state index contributed by atoms with van der Waals surface area (Å²) in [6.07, 6.45) is 0. The van der Waals surface area contributed by atoms with E-state index in [9.17, 15) is 14.4 Å². The molecular formula is C34H35N5O4S. The van der Waals surface area contributed by atoms with Crippen molar-refractivity contribution in [2.24, 2.45) is 0 Å². The Morgan fingerprint density at radius 2 is 1.64 bits per heavy atom. The zero-order valence-corrected chi connectivity index (χ0v) is 25.9. The summed E-state index contributed by atoms with van der Waals surface area (Å²) >= 11 is 1.56. The average molecular weight is 610 g/mol. The fourth-order valence-corrected chi connectivity index (χ4v) is 7.02. The van der Waals surface area contributed by atoms with E-state index < -0.39 is 0 Å². The highest BCUT2D eigenvalue weighted by molar-refractivity contribution is 8.00. The smallest absolute Gasteiger partial charge is 0.242 e. The Labute approximate surface area is 261 Å². The summed E-state index contributed by atoms with van der Waals surface area (Å²) in [6, 6.07) is 25.9. The van der Waals surface area contributed by atoms with E-state index in [1.807, 2.05) is 60.7 Å². The Balaban J connectivity index is 1.51. The predicted octanol–water partition coefficient (Wildman–Crippen LogP) is 4.72. The van der Waals surface area contributed by atoms with Crippen LogP contribution in [0.2, 0.25) is 0 Å². The molecule has 1 aromatic heterocycles. The molecule has 10 heteroatoms. The number of piperazine rings is 1. The molecule has 3 heterocycles. The minimum atomic E-state index is -0.199. The van der Waals surface area contributed by atoms with Crippen LogP contribution >= 0.6 is 11.8 Å². The van der Waals surface area contributed by atoms with Gasteiger partial charge in [0.25, 0.3) is 0 Å². The maximum atomic E-state index is 14.0. The molecule has 3 aromatic carbocycles. The SMILES string of the molecule is COc1ccc(-n2nc(-c3ccccc3)c3c2N(CC(=O)N2CCN(C(C)=O)CC2)C(=O)CS[C@H]3c2cccc(C)c2)cc1. The number of anilines is 1. The summed E-state index contributed by atoms with van der Waals surface area (Å²) in [6.45, 7) is 5.31. The zero-order valence-electron chi connectivity index (χ0n) is 25.1. The van der Waals surface area contributed by atoms with Crippen LogP contribution in [0.4, 0.5) is 5.82 Å². The number of benzene rings is 3. The monoisotopic (exact) mass is 609 g/mol. The molecule has 9 nitrogen and oxygen atoms in total. The second kappa shape index (κ2) is 12.6. The van der Waals surface area contributed by atoms with Gasteiger partial charge in [0.2, 0.25) is 17.7 Å². The Hall–Kier alpha value is -4.57. The molecule has 0 radical (unpaired) electrons. The van der Waals surface area contributed by atoms with E-state index in [-0.39, 0.29) is 35.3 Å². The summed E-state index contributed by atoms with van der Waals surface area (Å²) in [5.41, 5.74) is 5.53. The minimum absolute atomic E-state index is 0.000451. The van der Waals surface area contributed by atoms with Gasteiger partial charge < -0.3 is 14.5 Å². The van der Waals surface area contributed by atoms with Crippen LogP contribution in [0, 0.1) is 6.92 Å². The molecule has 0 spiro atoms. The number of methoxy groups -OCH3 is 1. The van der Waals surface area contributed by atoms with Crippen LogP contribution in [0.1, 0.15) is 28.9 Å². The lowest BCUT2D eigenvalue weighted by Crippen LogP contribution is -2.53. The van der Waals surface area contributed by atoms with E-state index in [0.717, 1.165) is 33.6 Å². The van der Waals surface area contributed by atoms with Crippen molar-refractivity contribution in [3.8, 4) is 22.7 Å². The minimum Gasteiger partial charge on any atom is -0.497 e. The number of rotatable bonds is 6. The lowest BCUT2D eigenvalue weighted by molar-refractivity contribution is -0.137. The van der Waals surface area contributed by atoms with Gasteiger partial charge in [-0.1, -0.05) is 60.2 Å². The molecule has 0 unspecified atom stereocenters. The first kappa shape index (κ1) is 29.5. The molecule has 2 aliphatic heterocycles. The van der Waals surface area contributed by atoms with Crippen LogP contribution in [0.25, 0.3) is 16.9 Å². The maximum Gasteiger partial charge on any atom is 0.242 e. The number of aromatic nitrogens is 2. The van der Waals surface area contributed by atoms with E-state index >= 15 is 0 Å². The first-order valence-electron chi connectivity index (χ1n) is 14.7. The van der Waals surface area contributed by atoms with Gasteiger partial charge in [-0.15, -0.1) is 11.8 Å². The van der Waals surface area contributed by atoms with Gasteiger partial charge in [-0.25, -0.2) is 4.68 Å². The quantitative estimate of drug-likeness (QED) is 0.315. The fourth-order valence-electron chi connectivity index (χ4n) is 5.83. The number of carbonyl (C=O) groups is 3. The Kier molecular flexibility index (Phi) is 8.43. The lowest BCUT2D eigenvalue weighted by Gasteiger charge is -2.35. The molecule has 1 saturated heterocycles. The Morgan fingerprint density at radius 3 is 2.30 bits per heavy atom. The molecular weight excluding hydrogens is 574 g/mol. The lowest BCUT2D eigenvalue weighted by atomic mass is 9.98. The van der Waals surface area contributed by atoms with Gasteiger partial charge in [-0.05, 0) is 36.8 Å². The van der Waals surface area contributed by atoms with Crippen LogP contribution in [-0.2, 0) is 14.4 Å². The van der Waals surface area contributed by atoms with Crippen LogP contribution in [0.5, 0.6) is 5.75 Å². The molecule has 0 aliphatic carbocycles. The number of ether oxygens (including phenoxy) is 1. The molecule has 0 N–H and O–H groups in total. The van der Waals surface area contributed by atoms with Crippen molar-refractivity contribution >= 4 is 35.3 Å². The van der Waals surface area contributed by atoms with Gasteiger partial charge in [0.05, 0.1) is 29.5 Å². The van der Waals surface area contributed by atoms with Crippen LogP contribution in [0.15, 0.2) is 78.9 Å². The second-order valence-corrected chi connectivity index (χ2v) is 12.1. The largest absolute Gasteiger partial charge is 0.497 e. The average Bonchev–Trinajstić information content (AvgIpc) is 3.37. The van der Waals surface area contributed by atoms with E-state index in [1.165, 1.54) is 0 Å². The number of aryl methyl sites for hydroxylation is 1. The molecule has 6 rings (SSSR count). The van der Waals surface area contributed by atoms with Crippen molar-refractivity contribution in [2.75, 3.05) is 50.5 Å². The summed E-state index contributed by atoms with van der Waals surface area (Å²) < 4.78 is 7.20. The summed E-state index contributed by atoms with van der Waals surface area (Å²) in [5.74, 6) is 1.19. The summed E-state index contributed by atoms with van der Waals surface area (Å²) in [5, 5.41) is 4.96. The van der Waals surface area contributed by atoms with Gasteiger partial charge >= 0.3 is 0 Å². The normalized spacial score (nSPS) is 16.8. The standard InChI is InChI=1S/C34H35N5O4S/c1-23-8-7-11-26(20-23)33-31-32(25-9-5-4-6-10-25)35-39(27-12-14-28(43-3)15-13-27)34(31)38(30(42)22-44-33)21-29(41)37-18-16-36(17-19-37)24(2)40/h4-15,20,33H,16-19,21-22H2,1-3H3/t33-/m0/s1. The molecule has 44 heavy (non-hydrogen) atoms. The number of hydrogen-bond acceptors (Lipinski definition) is 6. The van der Waals surface area contributed by atoms with Crippen molar-refractivity contribution in [2.45, 2.75) is 19.1 Å². The topological polar surface area (TPSA) is 88.0 Å². The second-order valence-electron chi connectivity index (χ2n) is 11.0. The van der Waals surface area contributed by atoms with Gasteiger partial charge in [-0.3, -0.25) is 19.3 Å². The molecule has 0 bridgehead atoms. The highest BCUT2D eigenvalue weighted by Gasteiger charge is 2.38. The number of nitrogens with zero attached hydrogens (tertiary/aromatic N) is 5. The van der Waals surface area contributed by atoms with Gasteiger partial charge in [0, 0.05) is 44.2 Å². The summed E-state index contributed by atoms with van der Waals surface area (Å²) in [4.78, 5) is 44.8. The van der Waals surface area contributed by atoms with Crippen molar-refractivity contribution in [3.63, 3.8) is 0 Å². The van der Waals surface area contributed by atoms with Crippen molar-refractivity contribution in [1.82, 2.24) is 19.6 Å².